The van der Waals surface area contributed by atoms with Crippen LogP contribution in [0.25, 0.3) is 0 Å². The molecule has 0 saturated carbocycles. The first-order valence-corrected chi connectivity index (χ1v) is 10.2. The highest BCUT2D eigenvalue weighted by Crippen LogP contribution is 2.39. The molecule has 126 valence electrons. The van der Waals surface area contributed by atoms with E-state index in [1.807, 2.05) is 7.05 Å². The highest BCUT2D eigenvalue weighted by atomic mass is 32.2. The van der Waals surface area contributed by atoms with Crippen molar-refractivity contribution in [3.63, 3.8) is 0 Å². The molecule has 0 spiro atoms. The van der Waals surface area contributed by atoms with Gasteiger partial charge in [-0.1, -0.05) is 6.92 Å². The van der Waals surface area contributed by atoms with Gasteiger partial charge in [0.05, 0.1) is 16.7 Å². The fraction of sp³-hybridized carbons (Fsp3) is 0.750. The minimum atomic E-state index is -3.09. The van der Waals surface area contributed by atoms with Gasteiger partial charge in [0.15, 0.2) is 9.84 Å². The fourth-order valence-electron chi connectivity index (χ4n) is 4.28. The van der Waals surface area contributed by atoms with Gasteiger partial charge in [-0.25, -0.2) is 18.4 Å². The minimum Gasteiger partial charge on any atom is -0.341 e. The van der Waals surface area contributed by atoms with Gasteiger partial charge in [-0.05, 0) is 25.8 Å². The summed E-state index contributed by atoms with van der Waals surface area (Å²) in [6, 6.07) is 0. The fourth-order valence-corrected chi connectivity index (χ4v) is 6.35. The topological polar surface area (TPSA) is 66.4 Å². The van der Waals surface area contributed by atoms with E-state index in [0.29, 0.717) is 12.5 Å². The Hall–Kier alpha value is -1.21. The van der Waals surface area contributed by atoms with Crippen molar-refractivity contribution < 1.29 is 8.42 Å². The normalized spacial score (nSPS) is 33.3. The van der Waals surface area contributed by atoms with E-state index in [2.05, 4.69) is 21.7 Å². The Kier molecular flexibility index (Phi) is 3.61. The van der Waals surface area contributed by atoms with Crippen LogP contribution >= 0.6 is 0 Å². The highest BCUT2D eigenvalue weighted by Gasteiger charge is 2.46. The predicted octanol–water partition coefficient (Wildman–Crippen LogP) is 1.04. The van der Waals surface area contributed by atoms with Crippen molar-refractivity contribution in [2.24, 2.45) is 5.92 Å². The Labute approximate surface area is 137 Å². The van der Waals surface area contributed by atoms with Gasteiger partial charge in [-0.3, -0.25) is 0 Å². The molecule has 2 saturated heterocycles. The molecule has 1 aromatic heterocycles. The molecular weight excluding hydrogens is 312 g/mol. The summed E-state index contributed by atoms with van der Waals surface area (Å²) in [6.45, 7) is 5.63. The number of hydrogen-bond donors (Lipinski definition) is 0. The smallest absolute Gasteiger partial charge is 0.225 e. The maximum Gasteiger partial charge on any atom is 0.225 e. The Bertz CT molecular complexity index is 721. The van der Waals surface area contributed by atoms with E-state index in [0.717, 1.165) is 36.8 Å². The van der Waals surface area contributed by atoms with Gasteiger partial charge in [0.1, 0.15) is 0 Å². The minimum absolute atomic E-state index is 0.00212. The number of fused-ring (bicyclic) bond motifs is 3. The van der Waals surface area contributed by atoms with E-state index >= 15 is 0 Å². The van der Waals surface area contributed by atoms with Crippen LogP contribution in [-0.4, -0.2) is 61.8 Å². The molecule has 4 heterocycles. The van der Waals surface area contributed by atoms with Crippen molar-refractivity contribution >= 4 is 15.8 Å². The molecule has 0 bridgehead atoms. The van der Waals surface area contributed by atoms with E-state index < -0.39 is 9.84 Å². The summed E-state index contributed by atoms with van der Waals surface area (Å²) in [5, 5.41) is -0.303. The van der Waals surface area contributed by atoms with Crippen LogP contribution in [0.5, 0.6) is 0 Å². The molecule has 6 nitrogen and oxygen atoms in total. The van der Waals surface area contributed by atoms with Gasteiger partial charge in [0.2, 0.25) is 5.95 Å². The molecule has 0 N–H and O–H groups in total. The van der Waals surface area contributed by atoms with E-state index in [1.165, 1.54) is 12.8 Å². The second-order valence-electron chi connectivity index (χ2n) is 7.45. The molecule has 7 heteroatoms. The van der Waals surface area contributed by atoms with Crippen LogP contribution < -0.4 is 4.90 Å². The third-order valence-electron chi connectivity index (χ3n) is 5.44. The van der Waals surface area contributed by atoms with E-state index in [1.54, 1.807) is 6.20 Å². The van der Waals surface area contributed by atoms with Crippen LogP contribution in [0.2, 0.25) is 0 Å². The number of anilines is 1. The first-order chi connectivity index (χ1) is 10.9. The quantitative estimate of drug-likeness (QED) is 0.763. The number of likely N-dealkylation sites (tertiary alicyclic amines) is 1. The van der Waals surface area contributed by atoms with Gasteiger partial charge in [0.25, 0.3) is 0 Å². The lowest BCUT2D eigenvalue weighted by Gasteiger charge is -2.32. The first-order valence-electron chi connectivity index (χ1n) is 8.45. The van der Waals surface area contributed by atoms with Gasteiger partial charge < -0.3 is 9.80 Å². The highest BCUT2D eigenvalue weighted by molar-refractivity contribution is 7.91. The SMILES string of the molecule is C[C@H]1CCCN(c2ncc3c(n2)[C@H]2CN(C)C[C@H]2S(=O)(=O)C3)C1. The number of rotatable bonds is 1. The zero-order chi connectivity index (χ0) is 16.2. The van der Waals surface area contributed by atoms with Crippen LogP contribution in [0.1, 0.15) is 36.9 Å². The molecular formula is C16H24N4O2S. The van der Waals surface area contributed by atoms with Crippen molar-refractivity contribution in [2.45, 2.75) is 36.7 Å². The Morgan fingerprint density at radius 2 is 2.09 bits per heavy atom. The van der Waals surface area contributed by atoms with Crippen LogP contribution in [-0.2, 0) is 15.6 Å². The average Bonchev–Trinajstić information content (AvgIpc) is 2.90. The molecule has 2 fully saturated rings. The van der Waals surface area contributed by atoms with Crippen molar-refractivity contribution in [2.75, 3.05) is 38.1 Å². The van der Waals surface area contributed by atoms with Crippen molar-refractivity contribution in [1.82, 2.24) is 14.9 Å². The second kappa shape index (κ2) is 5.41. The molecule has 0 amide bonds. The number of sulfone groups is 1. The largest absolute Gasteiger partial charge is 0.341 e. The summed E-state index contributed by atoms with van der Waals surface area (Å²) in [6.07, 6.45) is 4.18. The van der Waals surface area contributed by atoms with Crippen LogP contribution in [0.4, 0.5) is 5.95 Å². The second-order valence-corrected chi connectivity index (χ2v) is 9.67. The van der Waals surface area contributed by atoms with E-state index in [4.69, 9.17) is 4.98 Å². The lowest BCUT2D eigenvalue weighted by atomic mass is 9.99. The van der Waals surface area contributed by atoms with Gasteiger partial charge in [-0.15, -0.1) is 0 Å². The molecule has 3 aliphatic heterocycles. The molecule has 1 aromatic rings. The maximum absolute atomic E-state index is 12.5. The van der Waals surface area contributed by atoms with Crippen molar-refractivity contribution in [3.8, 4) is 0 Å². The molecule has 0 radical (unpaired) electrons. The number of likely N-dealkylation sites (N-methyl/N-ethyl adjacent to an activating group) is 1. The molecule has 0 aliphatic carbocycles. The number of nitrogens with zero attached hydrogens (tertiary/aromatic N) is 4. The zero-order valence-corrected chi connectivity index (χ0v) is 14.6. The molecule has 4 rings (SSSR count). The molecule has 3 aliphatic rings. The summed E-state index contributed by atoms with van der Waals surface area (Å²) >= 11 is 0. The Morgan fingerprint density at radius 3 is 2.87 bits per heavy atom. The number of aromatic nitrogens is 2. The summed E-state index contributed by atoms with van der Waals surface area (Å²) in [5.41, 5.74) is 1.77. The Balaban J connectivity index is 1.71. The van der Waals surface area contributed by atoms with Crippen molar-refractivity contribution in [1.29, 1.82) is 0 Å². The lowest BCUT2D eigenvalue weighted by molar-refractivity contribution is 0.410. The third-order valence-corrected chi connectivity index (χ3v) is 7.56. The van der Waals surface area contributed by atoms with Crippen LogP contribution in [0.15, 0.2) is 6.20 Å². The maximum atomic E-state index is 12.5. The molecule has 23 heavy (non-hydrogen) atoms. The predicted molar refractivity (Wildman–Crippen MR) is 89.3 cm³/mol. The summed E-state index contributed by atoms with van der Waals surface area (Å²) < 4.78 is 25.0. The standard InChI is InChI=1S/C16H24N4O2S/c1-11-4-3-5-20(7-11)16-17-6-12-10-23(21,22)14-9-19(2)8-13(14)15(12)18-16/h6,11,13-14H,3-5,7-10H2,1-2H3/t11-,13-,14+/m0/s1. The molecule has 0 aromatic carbocycles. The summed E-state index contributed by atoms with van der Waals surface area (Å²) in [7, 11) is -1.10. The van der Waals surface area contributed by atoms with Gasteiger partial charge in [0, 0.05) is 43.9 Å². The average molecular weight is 336 g/mol. The van der Waals surface area contributed by atoms with E-state index in [-0.39, 0.29) is 16.9 Å². The monoisotopic (exact) mass is 336 g/mol. The number of hydrogen-bond acceptors (Lipinski definition) is 6. The first kappa shape index (κ1) is 15.3. The van der Waals surface area contributed by atoms with Crippen molar-refractivity contribution in [3.05, 3.63) is 17.5 Å². The van der Waals surface area contributed by atoms with E-state index in [9.17, 15) is 8.42 Å². The number of piperidine rings is 1. The van der Waals surface area contributed by atoms with Crippen LogP contribution in [0, 0.1) is 5.92 Å². The zero-order valence-electron chi connectivity index (χ0n) is 13.8. The molecule has 0 unspecified atom stereocenters. The van der Waals surface area contributed by atoms with Gasteiger partial charge >= 0.3 is 0 Å². The third kappa shape index (κ3) is 2.63. The summed E-state index contributed by atoms with van der Waals surface area (Å²) in [4.78, 5) is 13.7. The van der Waals surface area contributed by atoms with Crippen LogP contribution in [0.3, 0.4) is 0 Å². The Morgan fingerprint density at radius 1 is 1.26 bits per heavy atom. The summed E-state index contributed by atoms with van der Waals surface area (Å²) in [5.74, 6) is 1.53. The van der Waals surface area contributed by atoms with Gasteiger partial charge in [-0.2, -0.15) is 0 Å². The lowest BCUT2D eigenvalue weighted by Crippen LogP contribution is -2.38. The molecule has 3 atom stereocenters.